The first kappa shape index (κ1) is 18.5. The molecule has 0 N–H and O–H groups in total. The number of rotatable bonds is 13. The average molecular weight is 343 g/mol. The molecule has 0 fully saturated rings. The molecule has 0 atom stereocenters. The first-order valence-corrected chi connectivity index (χ1v) is 9.91. The molecule has 0 unspecified atom stereocenters. The molecule has 0 bridgehead atoms. The zero-order chi connectivity index (χ0) is 13.7. The van der Waals surface area contributed by atoms with Crippen molar-refractivity contribution in [3.8, 4) is 0 Å². The predicted molar refractivity (Wildman–Crippen MR) is 79.7 cm³/mol. The van der Waals surface area contributed by atoms with E-state index < -0.39 is 8.56 Å². The number of ether oxygens (including phenoxy) is 2. The van der Waals surface area contributed by atoms with Crippen LogP contribution in [0.4, 0.5) is 0 Å². The van der Waals surface area contributed by atoms with E-state index in [1.54, 1.807) is 14.2 Å². The Morgan fingerprint density at radius 2 is 1.44 bits per heavy atom. The van der Waals surface area contributed by atoms with Crippen LogP contribution in [0.1, 0.15) is 19.8 Å². The molecule has 0 aliphatic heterocycles. The lowest BCUT2D eigenvalue weighted by atomic mass is 10.4. The maximum Gasteiger partial charge on any atom is 0.339 e. The van der Waals surface area contributed by atoms with E-state index in [9.17, 15) is 0 Å². The van der Waals surface area contributed by atoms with Crippen molar-refractivity contribution in [3.05, 3.63) is 0 Å². The van der Waals surface area contributed by atoms with Gasteiger partial charge in [-0.25, -0.2) is 0 Å². The highest BCUT2D eigenvalue weighted by atomic mass is 79.9. The van der Waals surface area contributed by atoms with Crippen LogP contribution < -0.4 is 0 Å². The number of methoxy groups -OCH3 is 2. The highest BCUT2D eigenvalue weighted by Crippen LogP contribution is 2.23. The fourth-order valence-corrected chi connectivity index (χ4v) is 6.48. The van der Waals surface area contributed by atoms with E-state index in [-0.39, 0.29) is 0 Å². The van der Waals surface area contributed by atoms with Gasteiger partial charge in [0.15, 0.2) is 0 Å². The van der Waals surface area contributed by atoms with E-state index in [1.165, 1.54) is 0 Å². The normalized spacial score (nSPS) is 12.0. The lowest BCUT2D eigenvalue weighted by molar-refractivity contribution is 0.0860. The van der Waals surface area contributed by atoms with Gasteiger partial charge in [0, 0.05) is 25.6 Å². The summed E-state index contributed by atoms with van der Waals surface area (Å²) in [6.45, 7) is 4.67. The second kappa shape index (κ2) is 12.6. The van der Waals surface area contributed by atoms with E-state index >= 15 is 0 Å². The van der Waals surface area contributed by atoms with Gasteiger partial charge < -0.3 is 18.3 Å². The van der Waals surface area contributed by atoms with Crippen LogP contribution in [0.5, 0.6) is 0 Å². The van der Waals surface area contributed by atoms with E-state index in [2.05, 4.69) is 22.9 Å². The molecule has 4 nitrogen and oxygen atoms in total. The van der Waals surface area contributed by atoms with Gasteiger partial charge in [-0.05, 0) is 6.04 Å². The summed E-state index contributed by atoms with van der Waals surface area (Å²) in [6, 6.07) is 2.02. The molecule has 0 aliphatic rings. The fourth-order valence-electron chi connectivity index (χ4n) is 1.67. The lowest BCUT2D eigenvalue weighted by Crippen LogP contribution is -2.44. The molecule has 0 aromatic carbocycles. The minimum absolute atomic E-state index is 0.617. The van der Waals surface area contributed by atoms with Crippen molar-refractivity contribution in [3.63, 3.8) is 0 Å². The average Bonchev–Trinajstić information content (AvgIpc) is 2.37. The maximum absolute atomic E-state index is 6.07. The molecule has 0 amide bonds. The fraction of sp³-hybridized carbons (Fsp3) is 1.00. The summed E-state index contributed by atoms with van der Waals surface area (Å²) in [6.07, 6.45) is 2.32. The summed E-state index contributed by atoms with van der Waals surface area (Å²) < 4.78 is 22.2. The van der Waals surface area contributed by atoms with Crippen LogP contribution in [-0.4, -0.2) is 54.5 Å². The number of unbranched alkanes of at least 4 members (excludes halogenated alkanes) is 1. The van der Waals surface area contributed by atoms with Crippen molar-refractivity contribution >= 4 is 24.5 Å². The van der Waals surface area contributed by atoms with Crippen LogP contribution in [0.2, 0.25) is 12.1 Å². The predicted octanol–water partition coefficient (Wildman–Crippen LogP) is 2.95. The van der Waals surface area contributed by atoms with E-state index in [1.807, 2.05) is 0 Å². The Bertz CT molecular complexity index is 173. The number of hydrogen-bond donors (Lipinski definition) is 0. The second-order valence-corrected chi connectivity index (χ2v) is 8.33. The SMILES string of the molecule is CCCC[Si](CCBr)(OCCOC)OCCOC. The standard InChI is InChI=1S/C12H27BrO4Si/c1-4-5-11-18(12-6-13,16-9-7-14-2)17-10-8-15-3/h4-12H2,1-3H3. The van der Waals surface area contributed by atoms with Gasteiger partial charge in [-0.15, -0.1) is 0 Å². The van der Waals surface area contributed by atoms with Crippen LogP contribution in [0.3, 0.4) is 0 Å². The summed E-state index contributed by atoms with van der Waals surface area (Å²) in [5, 5.41) is 0.920. The zero-order valence-corrected chi connectivity index (χ0v) is 14.5. The molecule has 6 heteroatoms. The highest BCUT2D eigenvalue weighted by Gasteiger charge is 2.36. The molecular formula is C12H27BrO4Si. The highest BCUT2D eigenvalue weighted by molar-refractivity contribution is 9.09. The van der Waals surface area contributed by atoms with Gasteiger partial charge in [-0.2, -0.15) is 0 Å². The van der Waals surface area contributed by atoms with Crippen LogP contribution in [0.15, 0.2) is 0 Å². The Kier molecular flexibility index (Phi) is 12.9. The monoisotopic (exact) mass is 342 g/mol. The van der Waals surface area contributed by atoms with Crippen LogP contribution in [-0.2, 0) is 18.3 Å². The third kappa shape index (κ3) is 8.61. The second-order valence-electron chi connectivity index (χ2n) is 4.14. The van der Waals surface area contributed by atoms with Gasteiger partial charge in [0.25, 0.3) is 0 Å². The topological polar surface area (TPSA) is 36.9 Å². The molecule has 110 valence electrons. The van der Waals surface area contributed by atoms with Crippen molar-refractivity contribution in [2.75, 3.05) is 46.0 Å². The van der Waals surface area contributed by atoms with Crippen LogP contribution in [0, 0.1) is 0 Å². The summed E-state index contributed by atoms with van der Waals surface area (Å²) in [5.74, 6) is 0. The van der Waals surface area contributed by atoms with Crippen molar-refractivity contribution in [1.82, 2.24) is 0 Å². The molecule has 0 spiro atoms. The van der Waals surface area contributed by atoms with Crippen molar-refractivity contribution in [2.45, 2.75) is 31.9 Å². The molecular weight excluding hydrogens is 316 g/mol. The van der Waals surface area contributed by atoms with Gasteiger partial charge in [0.2, 0.25) is 0 Å². The quantitative estimate of drug-likeness (QED) is 0.293. The third-order valence-corrected chi connectivity index (χ3v) is 7.41. The smallest absolute Gasteiger partial charge is 0.339 e. The van der Waals surface area contributed by atoms with E-state index in [0.717, 1.165) is 30.3 Å². The van der Waals surface area contributed by atoms with Crippen molar-refractivity contribution in [2.24, 2.45) is 0 Å². The summed E-state index contributed by atoms with van der Waals surface area (Å²) in [4.78, 5) is 0. The molecule has 0 aromatic heterocycles. The van der Waals surface area contributed by atoms with Gasteiger partial charge in [0.05, 0.1) is 26.4 Å². The summed E-state index contributed by atoms with van der Waals surface area (Å²) in [5.41, 5.74) is 0. The number of hydrogen-bond acceptors (Lipinski definition) is 4. The summed E-state index contributed by atoms with van der Waals surface area (Å²) >= 11 is 3.51. The maximum atomic E-state index is 6.07. The molecule has 0 heterocycles. The Morgan fingerprint density at radius 1 is 0.889 bits per heavy atom. The Labute approximate surface area is 121 Å². The van der Waals surface area contributed by atoms with Crippen molar-refractivity contribution in [1.29, 1.82) is 0 Å². The van der Waals surface area contributed by atoms with E-state index in [0.29, 0.717) is 26.4 Å². The van der Waals surface area contributed by atoms with Gasteiger partial charge >= 0.3 is 8.56 Å². The minimum atomic E-state index is -2.10. The molecule has 0 radical (unpaired) electrons. The van der Waals surface area contributed by atoms with E-state index in [4.69, 9.17) is 18.3 Å². The molecule has 0 saturated carbocycles. The van der Waals surface area contributed by atoms with Crippen LogP contribution >= 0.6 is 15.9 Å². The first-order valence-electron chi connectivity index (χ1n) is 6.56. The first-order chi connectivity index (χ1) is 8.74. The number of alkyl halides is 1. The Hall–Kier alpha value is 0.537. The molecule has 0 aliphatic carbocycles. The molecule has 0 aromatic rings. The Morgan fingerprint density at radius 3 is 1.83 bits per heavy atom. The number of halogens is 1. The largest absolute Gasteiger partial charge is 0.392 e. The Balaban J connectivity index is 4.34. The van der Waals surface area contributed by atoms with Gasteiger partial charge in [0.1, 0.15) is 0 Å². The summed E-state index contributed by atoms with van der Waals surface area (Å²) in [7, 11) is 1.28. The molecule has 18 heavy (non-hydrogen) atoms. The minimum Gasteiger partial charge on any atom is -0.392 e. The molecule has 0 rings (SSSR count). The van der Waals surface area contributed by atoms with Gasteiger partial charge in [-0.1, -0.05) is 35.7 Å². The molecule has 0 saturated heterocycles. The third-order valence-electron chi connectivity index (χ3n) is 2.69. The van der Waals surface area contributed by atoms with Crippen LogP contribution in [0.25, 0.3) is 0 Å². The lowest BCUT2D eigenvalue weighted by Gasteiger charge is -2.30. The van der Waals surface area contributed by atoms with Crippen molar-refractivity contribution < 1.29 is 18.3 Å². The van der Waals surface area contributed by atoms with Gasteiger partial charge in [-0.3, -0.25) is 0 Å². The zero-order valence-electron chi connectivity index (χ0n) is 11.9.